The van der Waals surface area contributed by atoms with E-state index in [1.165, 1.54) is 0 Å². The summed E-state index contributed by atoms with van der Waals surface area (Å²) in [4.78, 5) is 0. The van der Waals surface area contributed by atoms with Crippen LogP contribution in [0.1, 0.15) is 0 Å². The molecule has 1 aliphatic rings. The van der Waals surface area contributed by atoms with Gasteiger partial charge in [0.05, 0.1) is 12.7 Å². The summed E-state index contributed by atoms with van der Waals surface area (Å²) >= 11 is 0. The molecule has 0 spiro atoms. The maximum Gasteiger partial charge on any atom is 0.111 e. The summed E-state index contributed by atoms with van der Waals surface area (Å²) in [6.07, 6.45) is -5.63. The van der Waals surface area contributed by atoms with Crippen LogP contribution in [-0.2, 0) is 4.74 Å². The quantitative estimate of drug-likeness (QED) is 0.295. The van der Waals surface area contributed by atoms with Crippen molar-refractivity contribution in [3.05, 3.63) is 0 Å². The topological polar surface area (TPSA) is 142 Å². The van der Waals surface area contributed by atoms with E-state index in [1.807, 2.05) is 0 Å². The molecule has 0 bridgehead atoms. The molecule has 0 aromatic carbocycles. The lowest BCUT2D eigenvalue weighted by molar-refractivity contribution is -0.239. The van der Waals surface area contributed by atoms with Gasteiger partial charge in [0.25, 0.3) is 0 Å². The lowest BCUT2D eigenvalue weighted by Crippen LogP contribution is -2.61. The van der Waals surface area contributed by atoms with Crippen LogP contribution < -0.4 is 11.5 Å². The average Bonchev–Trinajstić information content (AvgIpc) is 2.30. The van der Waals surface area contributed by atoms with Gasteiger partial charge in [-0.25, -0.2) is 0 Å². The Kier molecular flexibility index (Phi) is 5.06. The van der Waals surface area contributed by atoms with E-state index in [0.717, 1.165) is 0 Å². The predicted molar refractivity (Wildman–Crippen MR) is 55.4 cm³/mol. The highest BCUT2D eigenvalue weighted by molar-refractivity contribution is 4.94. The number of aliphatic hydroxyl groups is 4. The van der Waals surface area contributed by atoms with E-state index in [9.17, 15) is 15.3 Å². The molecule has 0 unspecified atom stereocenters. The molecule has 1 heterocycles. The fraction of sp³-hybridized carbons (Fsp3) is 1.00. The molecule has 5 atom stereocenters. The molecule has 0 saturated carbocycles. The lowest BCUT2D eigenvalue weighted by atomic mass is 9.88. The van der Waals surface area contributed by atoms with Crippen molar-refractivity contribution in [3.63, 3.8) is 0 Å². The van der Waals surface area contributed by atoms with Crippen molar-refractivity contribution in [1.82, 2.24) is 0 Å². The normalized spacial score (nSPS) is 40.3. The third-order valence-electron chi connectivity index (χ3n) is 3.00. The molecule has 0 aromatic heterocycles. The van der Waals surface area contributed by atoms with Gasteiger partial charge in [-0.15, -0.1) is 0 Å². The molecule has 8 N–H and O–H groups in total. The zero-order valence-electron chi connectivity index (χ0n) is 8.94. The number of hydrogen-bond donors (Lipinski definition) is 6. The monoisotopic (exact) mass is 236 g/mol. The zero-order chi connectivity index (χ0) is 12.3. The van der Waals surface area contributed by atoms with Crippen LogP contribution in [0.3, 0.4) is 0 Å². The van der Waals surface area contributed by atoms with Gasteiger partial charge in [0, 0.05) is 5.92 Å². The highest BCUT2D eigenvalue weighted by Gasteiger charge is 2.45. The summed E-state index contributed by atoms with van der Waals surface area (Å²) in [6, 6.07) is 0. The van der Waals surface area contributed by atoms with Crippen LogP contribution in [0.15, 0.2) is 0 Å². The Hall–Kier alpha value is -0.280. The Morgan fingerprint density at radius 1 is 1.00 bits per heavy atom. The molecule has 1 saturated heterocycles. The molecule has 0 aliphatic carbocycles. The van der Waals surface area contributed by atoms with Crippen LogP contribution in [0.4, 0.5) is 0 Å². The minimum Gasteiger partial charge on any atom is -0.394 e. The summed E-state index contributed by atoms with van der Waals surface area (Å²) in [7, 11) is 0. The second kappa shape index (κ2) is 5.87. The molecule has 0 aromatic rings. The Bertz CT molecular complexity index is 209. The molecular weight excluding hydrogens is 216 g/mol. The van der Waals surface area contributed by atoms with Crippen molar-refractivity contribution in [2.45, 2.75) is 30.5 Å². The van der Waals surface area contributed by atoms with Gasteiger partial charge < -0.3 is 36.6 Å². The minimum atomic E-state index is -1.36. The second-order valence-corrected chi connectivity index (χ2v) is 4.02. The fourth-order valence-corrected chi connectivity index (χ4v) is 1.88. The van der Waals surface area contributed by atoms with Crippen molar-refractivity contribution < 1.29 is 25.2 Å². The Balaban J connectivity index is 2.77. The molecule has 96 valence electrons. The highest BCUT2D eigenvalue weighted by Crippen LogP contribution is 2.25. The summed E-state index contributed by atoms with van der Waals surface area (Å²) in [5.41, 5.74) is 10.9. The van der Waals surface area contributed by atoms with Crippen LogP contribution in [0.25, 0.3) is 0 Å². The number of aliphatic hydroxyl groups excluding tert-OH is 4. The highest BCUT2D eigenvalue weighted by atomic mass is 16.5. The van der Waals surface area contributed by atoms with E-state index in [4.69, 9.17) is 21.3 Å². The predicted octanol–water partition coefficient (Wildman–Crippen LogP) is -3.64. The smallest absolute Gasteiger partial charge is 0.111 e. The van der Waals surface area contributed by atoms with Gasteiger partial charge >= 0.3 is 0 Å². The Morgan fingerprint density at radius 2 is 1.56 bits per heavy atom. The summed E-state index contributed by atoms with van der Waals surface area (Å²) < 4.78 is 5.30. The lowest BCUT2D eigenvalue weighted by Gasteiger charge is -2.42. The van der Waals surface area contributed by atoms with Gasteiger partial charge in [-0.05, 0) is 13.1 Å². The SMILES string of the molecule is NCC(CN)[C@@H]1O[C@H](CO)[C@@H](O)[C@H](O)[C@H]1O. The van der Waals surface area contributed by atoms with Gasteiger partial charge in [-0.3, -0.25) is 0 Å². The van der Waals surface area contributed by atoms with Gasteiger partial charge in [-0.1, -0.05) is 0 Å². The van der Waals surface area contributed by atoms with Crippen LogP contribution in [0.2, 0.25) is 0 Å². The van der Waals surface area contributed by atoms with Gasteiger partial charge in [-0.2, -0.15) is 0 Å². The summed E-state index contributed by atoms with van der Waals surface area (Å²) in [5, 5.41) is 37.8. The van der Waals surface area contributed by atoms with E-state index in [0.29, 0.717) is 0 Å². The van der Waals surface area contributed by atoms with Crippen LogP contribution in [0, 0.1) is 5.92 Å². The first kappa shape index (κ1) is 13.8. The third kappa shape index (κ3) is 2.51. The van der Waals surface area contributed by atoms with Crippen LogP contribution >= 0.6 is 0 Å². The Morgan fingerprint density at radius 3 is 2.00 bits per heavy atom. The first-order valence-electron chi connectivity index (χ1n) is 5.27. The second-order valence-electron chi connectivity index (χ2n) is 4.02. The van der Waals surface area contributed by atoms with Gasteiger partial charge in [0.1, 0.15) is 24.4 Å². The van der Waals surface area contributed by atoms with Gasteiger partial charge in [0.2, 0.25) is 0 Å². The summed E-state index contributed by atoms with van der Waals surface area (Å²) in [5.74, 6) is -0.328. The molecule has 1 fully saturated rings. The van der Waals surface area contributed by atoms with Crippen LogP contribution in [-0.4, -0.2) is 70.6 Å². The standard InChI is InChI=1S/C9H20N2O5/c10-1-4(2-11)9-8(15)7(14)6(13)5(3-12)16-9/h4-9,12-15H,1-3,10-11H2/t5-,6-,7+,8-,9+/m1/s1. The van der Waals surface area contributed by atoms with E-state index in [2.05, 4.69) is 0 Å². The molecule has 1 rings (SSSR count). The maximum absolute atomic E-state index is 9.73. The van der Waals surface area contributed by atoms with Gasteiger partial charge in [0.15, 0.2) is 0 Å². The van der Waals surface area contributed by atoms with E-state index < -0.39 is 37.1 Å². The molecule has 7 heteroatoms. The first-order chi connectivity index (χ1) is 7.56. The zero-order valence-corrected chi connectivity index (χ0v) is 8.94. The van der Waals surface area contributed by atoms with E-state index >= 15 is 0 Å². The minimum absolute atomic E-state index is 0.194. The van der Waals surface area contributed by atoms with Crippen molar-refractivity contribution in [3.8, 4) is 0 Å². The molecule has 16 heavy (non-hydrogen) atoms. The molecular formula is C9H20N2O5. The summed E-state index contributed by atoms with van der Waals surface area (Å²) in [6.45, 7) is -0.0539. The fourth-order valence-electron chi connectivity index (χ4n) is 1.88. The first-order valence-corrected chi connectivity index (χ1v) is 5.27. The average molecular weight is 236 g/mol. The number of ether oxygens (including phenoxy) is 1. The van der Waals surface area contributed by atoms with Crippen molar-refractivity contribution >= 4 is 0 Å². The third-order valence-corrected chi connectivity index (χ3v) is 3.00. The van der Waals surface area contributed by atoms with E-state index in [1.54, 1.807) is 0 Å². The van der Waals surface area contributed by atoms with Crippen molar-refractivity contribution in [2.75, 3.05) is 19.7 Å². The number of hydrogen-bond acceptors (Lipinski definition) is 7. The molecule has 0 amide bonds. The molecule has 0 radical (unpaired) electrons. The maximum atomic E-state index is 9.73. The van der Waals surface area contributed by atoms with E-state index in [-0.39, 0.29) is 19.0 Å². The number of rotatable bonds is 4. The van der Waals surface area contributed by atoms with Crippen molar-refractivity contribution in [2.24, 2.45) is 17.4 Å². The van der Waals surface area contributed by atoms with Crippen LogP contribution in [0.5, 0.6) is 0 Å². The molecule has 1 aliphatic heterocycles. The number of nitrogens with two attached hydrogens (primary N) is 2. The largest absolute Gasteiger partial charge is 0.394 e. The van der Waals surface area contributed by atoms with Crippen molar-refractivity contribution in [1.29, 1.82) is 0 Å². The molecule has 7 nitrogen and oxygen atoms in total. The Labute approximate surface area is 93.6 Å².